The molecule has 0 fully saturated rings. The summed E-state index contributed by atoms with van der Waals surface area (Å²) in [6.07, 6.45) is 3.56. The minimum atomic E-state index is -0.804. The molecule has 1 atom stereocenters. The Kier molecular flexibility index (Phi) is 8.26. The lowest BCUT2D eigenvalue weighted by Gasteiger charge is -2.16. The minimum absolute atomic E-state index is 0.197. The number of allylic oxidation sites excluding steroid dienone is 1. The van der Waals surface area contributed by atoms with Gasteiger partial charge in [0.15, 0.2) is 0 Å². The summed E-state index contributed by atoms with van der Waals surface area (Å²) in [4.78, 5) is 0. The smallest absolute Gasteiger partial charge is 0.122 e. The van der Waals surface area contributed by atoms with Crippen molar-refractivity contribution in [1.29, 1.82) is 0 Å². The molecule has 0 aliphatic heterocycles. The third-order valence-corrected chi connectivity index (χ3v) is 3.97. The van der Waals surface area contributed by atoms with Gasteiger partial charge >= 0.3 is 0 Å². The summed E-state index contributed by atoms with van der Waals surface area (Å²) in [7, 11) is 0. The Balaban J connectivity index is 2.76. The van der Waals surface area contributed by atoms with Gasteiger partial charge in [-0.3, -0.25) is 0 Å². The molecule has 0 aliphatic carbocycles. The van der Waals surface area contributed by atoms with Crippen molar-refractivity contribution in [1.82, 2.24) is 0 Å². The van der Waals surface area contributed by atoms with E-state index in [1.165, 1.54) is 6.08 Å². The maximum absolute atomic E-state index is 10.2. The number of hydrogen-bond acceptors (Lipinski definition) is 4. The molecule has 0 aliphatic rings. The standard InChI is InChI=1S/C18H23BrO4/c1-12(9-14-10-15(19)4-6-17(14)22)3-5-18(23)16(7-8-20)13(2)11-21/h4,6-7,9-10,18,20-23H,2-3,5,8,11H2,1H3/b12-9+,16-7-. The van der Waals surface area contributed by atoms with E-state index in [-0.39, 0.29) is 19.0 Å². The highest BCUT2D eigenvalue weighted by molar-refractivity contribution is 9.10. The molecule has 4 nitrogen and oxygen atoms in total. The number of phenolic OH excluding ortho intramolecular Hbond substituents is 1. The van der Waals surface area contributed by atoms with E-state index < -0.39 is 6.10 Å². The van der Waals surface area contributed by atoms with E-state index in [1.54, 1.807) is 12.1 Å². The topological polar surface area (TPSA) is 80.9 Å². The molecule has 0 radical (unpaired) electrons. The summed E-state index contributed by atoms with van der Waals surface area (Å²) in [6, 6.07) is 5.20. The van der Waals surface area contributed by atoms with Crippen molar-refractivity contribution < 1.29 is 20.4 Å². The molecule has 0 saturated heterocycles. The van der Waals surface area contributed by atoms with Gasteiger partial charge in [0.2, 0.25) is 0 Å². The second kappa shape index (κ2) is 9.67. The Hall–Kier alpha value is -1.40. The molecule has 0 heterocycles. The van der Waals surface area contributed by atoms with Gasteiger partial charge in [-0.15, -0.1) is 0 Å². The summed E-state index contributed by atoms with van der Waals surface area (Å²) < 4.78 is 0.877. The maximum Gasteiger partial charge on any atom is 0.122 e. The van der Waals surface area contributed by atoms with Gasteiger partial charge in [0, 0.05) is 10.0 Å². The Morgan fingerprint density at radius 2 is 2.04 bits per heavy atom. The zero-order valence-corrected chi connectivity index (χ0v) is 14.8. The van der Waals surface area contributed by atoms with E-state index in [0.717, 1.165) is 10.0 Å². The van der Waals surface area contributed by atoms with Crippen molar-refractivity contribution in [3.05, 3.63) is 57.6 Å². The number of halogens is 1. The van der Waals surface area contributed by atoms with E-state index in [2.05, 4.69) is 22.5 Å². The van der Waals surface area contributed by atoms with Crippen LogP contribution in [0.15, 0.2) is 52.0 Å². The number of aliphatic hydroxyl groups is 3. The molecule has 0 saturated carbocycles. The average Bonchev–Trinajstić information content (AvgIpc) is 2.53. The molecule has 0 aromatic heterocycles. The molecule has 1 unspecified atom stereocenters. The van der Waals surface area contributed by atoms with Crippen molar-refractivity contribution in [2.75, 3.05) is 13.2 Å². The number of hydrogen-bond donors (Lipinski definition) is 4. The van der Waals surface area contributed by atoms with Crippen LogP contribution in [0.5, 0.6) is 5.75 Å². The molecule has 1 aromatic rings. The van der Waals surface area contributed by atoms with Crippen molar-refractivity contribution in [3.63, 3.8) is 0 Å². The van der Waals surface area contributed by atoms with Crippen LogP contribution in [0, 0.1) is 0 Å². The maximum atomic E-state index is 10.2. The van der Waals surface area contributed by atoms with Crippen LogP contribution >= 0.6 is 15.9 Å². The summed E-state index contributed by atoms with van der Waals surface area (Å²) in [5.41, 5.74) is 2.57. The third kappa shape index (κ3) is 6.31. The monoisotopic (exact) mass is 382 g/mol. The van der Waals surface area contributed by atoms with Gasteiger partial charge in [0.05, 0.1) is 19.3 Å². The van der Waals surface area contributed by atoms with Gasteiger partial charge in [-0.2, -0.15) is 0 Å². The Bertz CT molecular complexity index is 605. The molecular formula is C18H23BrO4. The van der Waals surface area contributed by atoms with E-state index in [4.69, 9.17) is 10.2 Å². The quantitative estimate of drug-likeness (QED) is 0.520. The molecule has 4 N–H and O–H groups in total. The SMILES string of the molecule is C=C(CO)/C(=C/CO)C(O)CC/C(C)=C/c1cc(Br)ccc1O. The molecule has 1 aromatic carbocycles. The lowest BCUT2D eigenvalue weighted by molar-refractivity contribution is 0.197. The lowest BCUT2D eigenvalue weighted by atomic mass is 9.96. The fraction of sp³-hybridized carbons (Fsp3) is 0.333. The van der Waals surface area contributed by atoms with Crippen molar-refractivity contribution in [3.8, 4) is 5.75 Å². The van der Waals surface area contributed by atoms with Crippen LogP contribution in [0.2, 0.25) is 0 Å². The molecule has 23 heavy (non-hydrogen) atoms. The lowest BCUT2D eigenvalue weighted by Crippen LogP contribution is -2.14. The Labute approximate surface area is 145 Å². The summed E-state index contributed by atoms with van der Waals surface area (Å²) in [5.74, 6) is 0.197. The first-order valence-electron chi connectivity index (χ1n) is 7.32. The second-order valence-electron chi connectivity index (χ2n) is 5.35. The van der Waals surface area contributed by atoms with Gasteiger partial charge in [-0.25, -0.2) is 0 Å². The van der Waals surface area contributed by atoms with E-state index >= 15 is 0 Å². The van der Waals surface area contributed by atoms with Crippen LogP contribution < -0.4 is 0 Å². The normalized spacial score (nSPS) is 14.0. The largest absolute Gasteiger partial charge is 0.507 e. The van der Waals surface area contributed by atoms with E-state index in [1.807, 2.05) is 19.1 Å². The summed E-state index contributed by atoms with van der Waals surface area (Å²) >= 11 is 3.36. The van der Waals surface area contributed by atoms with Crippen LogP contribution in [-0.4, -0.2) is 39.7 Å². The van der Waals surface area contributed by atoms with Crippen molar-refractivity contribution in [2.24, 2.45) is 0 Å². The first kappa shape index (κ1) is 19.6. The van der Waals surface area contributed by atoms with Crippen molar-refractivity contribution >= 4 is 22.0 Å². The van der Waals surface area contributed by atoms with Crippen LogP contribution in [0.4, 0.5) is 0 Å². The number of aromatic hydroxyl groups is 1. The van der Waals surface area contributed by atoms with Crippen LogP contribution in [0.3, 0.4) is 0 Å². The molecule has 126 valence electrons. The van der Waals surface area contributed by atoms with Crippen molar-refractivity contribution in [2.45, 2.75) is 25.9 Å². The fourth-order valence-electron chi connectivity index (χ4n) is 2.20. The highest BCUT2D eigenvalue weighted by Crippen LogP contribution is 2.26. The van der Waals surface area contributed by atoms with Gasteiger partial charge < -0.3 is 20.4 Å². The van der Waals surface area contributed by atoms with Crippen LogP contribution in [0.25, 0.3) is 6.08 Å². The second-order valence-corrected chi connectivity index (χ2v) is 6.27. The zero-order valence-electron chi connectivity index (χ0n) is 13.2. The Morgan fingerprint density at radius 1 is 1.35 bits per heavy atom. The fourth-order valence-corrected chi connectivity index (χ4v) is 2.58. The number of benzene rings is 1. The summed E-state index contributed by atoms with van der Waals surface area (Å²) in [5, 5.41) is 38.2. The molecule has 0 spiro atoms. The van der Waals surface area contributed by atoms with E-state index in [0.29, 0.717) is 29.6 Å². The average molecular weight is 383 g/mol. The summed E-state index contributed by atoms with van der Waals surface area (Å²) in [6.45, 7) is 5.13. The molecular weight excluding hydrogens is 360 g/mol. The van der Waals surface area contributed by atoms with Crippen LogP contribution in [0.1, 0.15) is 25.3 Å². The number of rotatable bonds is 8. The van der Waals surface area contributed by atoms with Gasteiger partial charge in [0.1, 0.15) is 5.75 Å². The van der Waals surface area contributed by atoms with Gasteiger partial charge in [-0.05, 0) is 49.1 Å². The number of aliphatic hydroxyl groups excluding tert-OH is 3. The highest BCUT2D eigenvalue weighted by atomic mass is 79.9. The predicted octanol–water partition coefficient (Wildman–Crippen LogP) is 3.17. The molecule has 0 amide bonds. The van der Waals surface area contributed by atoms with E-state index in [9.17, 15) is 10.2 Å². The Morgan fingerprint density at radius 3 is 2.65 bits per heavy atom. The first-order chi connectivity index (χ1) is 10.9. The number of phenols is 1. The first-order valence-corrected chi connectivity index (χ1v) is 8.12. The molecule has 5 heteroatoms. The predicted molar refractivity (Wildman–Crippen MR) is 96.1 cm³/mol. The van der Waals surface area contributed by atoms with Gasteiger partial charge in [-0.1, -0.05) is 40.2 Å². The molecule has 1 rings (SSSR count). The van der Waals surface area contributed by atoms with Crippen LogP contribution in [-0.2, 0) is 0 Å². The third-order valence-electron chi connectivity index (χ3n) is 3.47. The molecule has 0 bridgehead atoms. The van der Waals surface area contributed by atoms with Gasteiger partial charge in [0.25, 0.3) is 0 Å². The zero-order chi connectivity index (χ0) is 17.4. The highest BCUT2D eigenvalue weighted by Gasteiger charge is 2.13. The minimum Gasteiger partial charge on any atom is -0.507 e.